The van der Waals surface area contributed by atoms with Crippen LogP contribution < -0.4 is 0 Å². The average molecular weight is 986 g/mol. The maximum atomic E-state index is 12.9. The lowest BCUT2D eigenvalue weighted by molar-refractivity contribution is -0.167. The number of carbonyl (C=O) groups excluding carboxylic acids is 3. The van der Waals surface area contributed by atoms with E-state index in [0.717, 1.165) is 135 Å². The van der Waals surface area contributed by atoms with Crippen molar-refractivity contribution in [3.63, 3.8) is 0 Å². The van der Waals surface area contributed by atoms with Crippen molar-refractivity contribution in [2.24, 2.45) is 0 Å². The van der Waals surface area contributed by atoms with Crippen molar-refractivity contribution in [2.75, 3.05) is 13.2 Å². The molecule has 0 aromatic carbocycles. The van der Waals surface area contributed by atoms with Crippen LogP contribution in [0.2, 0.25) is 0 Å². The van der Waals surface area contributed by atoms with Crippen molar-refractivity contribution in [2.45, 2.75) is 271 Å². The molecule has 1 unspecified atom stereocenters. The maximum Gasteiger partial charge on any atom is 0.306 e. The zero-order chi connectivity index (χ0) is 51.4. The Balaban J connectivity index is 4.49. The molecule has 404 valence electrons. The molecule has 0 aliphatic rings. The van der Waals surface area contributed by atoms with E-state index in [9.17, 15) is 14.4 Å². The number of esters is 3. The summed E-state index contributed by atoms with van der Waals surface area (Å²) in [5.74, 6) is -0.952. The van der Waals surface area contributed by atoms with Crippen LogP contribution in [-0.4, -0.2) is 37.2 Å². The molecule has 1 atom stereocenters. The van der Waals surface area contributed by atoms with E-state index >= 15 is 0 Å². The van der Waals surface area contributed by atoms with Crippen LogP contribution in [-0.2, 0) is 28.6 Å². The molecule has 0 bridgehead atoms. The van der Waals surface area contributed by atoms with Gasteiger partial charge in [0.05, 0.1) is 0 Å². The molecule has 71 heavy (non-hydrogen) atoms. The van der Waals surface area contributed by atoms with Crippen LogP contribution in [0.1, 0.15) is 265 Å². The number of ether oxygens (including phenoxy) is 3. The van der Waals surface area contributed by atoms with Gasteiger partial charge in [-0.25, -0.2) is 0 Å². The molecule has 6 nitrogen and oxygen atoms in total. The fraction of sp³-hybridized carbons (Fsp3) is 0.677. The molecule has 0 spiro atoms. The minimum absolute atomic E-state index is 0.0983. The molecule has 0 saturated heterocycles. The highest BCUT2D eigenvalue weighted by Crippen LogP contribution is 2.16. The quantitative estimate of drug-likeness (QED) is 0.0261. The maximum absolute atomic E-state index is 12.9. The molecule has 0 radical (unpaired) electrons. The predicted molar refractivity (Wildman–Crippen MR) is 307 cm³/mol. The van der Waals surface area contributed by atoms with E-state index in [4.69, 9.17) is 14.2 Å². The van der Waals surface area contributed by atoms with Crippen LogP contribution >= 0.6 is 0 Å². The summed E-state index contributed by atoms with van der Waals surface area (Å²) in [7, 11) is 0. The van der Waals surface area contributed by atoms with Crippen LogP contribution in [0, 0.1) is 0 Å². The monoisotopic (exact) mass is 985 g/mol. The van der Waals surface area contributed by atoms with Crippen molar-refractivity contribution in [3.8, 4) is 0 Å². The highest BCUT2D eigenvalue weighted by atomic mass is 16.6. The minimum Gasteiger partial charge on any atom is -0.462 e. The summed E-state index contributed by atoms with van der Waals surface area (Å²) in [5.41, 5.74) is 0. The highest BCUT2D eigenvalue weighted by molar-refractivity contribution is 5.71. The van der Waals surface area contributed by atoms with Gasteiger partial charge in [-0.15, -0.1) is 0 Å². The molecule has 0 aliphatic heterocycles. The largest absolute Gasteiger partial charge is 0.462 e. The third kappa shape index (κ3) is 56.9. The van der Waals surface area contributed by atoms with Gasteiger partial charge in [-0.2, -0.15) is 0 Å². The van der Waals surface area contributed by atoms with Crippen LogP contribution in [0.5, 0.6) is 0 Å². The summed E-state index contributed by atoms with van der Waals surface area (Å²) in [6, 6.07) is 0. The van der Waals surface area contributed by atoms with Gasteiger partial charge < -0.3 is 14.2 Å². The lowest BCUT2D eigenvalue weighted by Crippen LogP contribution is -2.30. The number of hydrogen-bond acceptors (Lipinski definition) is 6. The lowest BCUT2D eigenvalue weighted by atomic mass is 10.0. The second-order valence-electron chi connectivity index (χ2n) is 19.1. The average Bonchev–Trinajstić information content (AvgIpc) is 3.37. The first kappa shape index (κ1) is 67.1. The van der Waals surface area contributed by atoms with Gasteiger partial charge in [-0.3, -0.25) is 14.4 Å². The predicted octanol–water partition coefficient (Wildman–Crippen LogP) is 19.9. The number of allylic oxidation sites excluding steroid dienone is 18. The summed E-state index contributed by atoms with van der Waals surface area (Å²) in [4.78, 5) is 38.2. The number of unbranched alkanes of at least 4 members (excludes halogenated alkanes) is 23. The third-order valence-corrected chi connectivity index (χ3v) is 12.3. The zero-order valence-electron chi connectivity index (χ0n) is 46.2. The van der Waals surface area contributed by atoms with Gasteiger partial charge in [0.2, 0.25) is 0 Å². The molecule has 0 amide bonds. The number of rotatable bonds is 52. The normalized spacial score (nSPS) is 12.9. The molecular formula is C65H108O6. The molecule has 0 aromatic rings. The molecule has 0 aromatic heterocycles. The Bertz CT molecular complexity index is 1460. The first-order chi connectivity index (χ1) is 35.0. The molecular weight excluding hydrogens is 877 g/mol. The van der Waals surface area contributed by atoms with Crippen molar-refractivity contribution in [1.29, 1.82) is 0 Å². The second kappa shape index (κ2) is 58.6. The smallest absolute Gasteiger partial charge is 0.306 e. The summed E-state index contributed by atoms with van der Waals surface area (Å²) in [6.45, 7) is 6.38. The summed E-state index contributed by atoms with van der Waals surface area (Å²) in [5, 5.41) is 0. The number of hydrogen-bond donors (Lipinski definition) is 0. The Labute approximate surface area is 438 Å². The van der Waals surface area contributed by atoms with Crippen molar-refractivity contribution >= 4 is 17.9 Å². The molecule has 0 aliphatic carbocycles. The first-order valence-electron chi connectivity index (χ1n) is 29.4. The topological polar surface area (TPSA) is 78.9 Å². The Morgan fingerprint density at radius 1 is 0.296 bits per heavy atom. The Morgan fingerprint density at radius 2 is 0.549 bits per heavy atom. The third-order valence-electron chi connectivity index (χ3n) is 12.3. The molecule has 0 saturated carbocycles. The minimum atomic E-state index is -0.806. The second-order valence-corrected chi connectivity index (χ2v) is 19.1. The SMILES string of the molecule is CC/C=C\C/C=C\C/C=C\C/C=C\C/C=C\CCCCCC(=O)OCC(COC(=O)CCCCCCCCCCCCCCCCCCC)OC(=O)CCCCCC/C=C\C/C=C\C/C=C\C/C=C\CC. The van der Waals surface area contributed by atoms with E-state index < -0.39 is 6.10 Å². The number of carbonyl (C=O) groups is 3. The van der Waals surface area contributed by atoms with Crippen LogP contribution in [0.15, 0.2) is 109 Å². The van der Waals surface area contributed by atoms with Crippen LogP contribution in [0.3, 0.4) is 0 Å². The van der Waals surface area contributed by atoms with E-state index in [-0.39, 0.29) is 31.1 Å². The molecule has 0 fully saturated rings. The molecule has 0 N–H and O–H groups in total. The van der Waals surface area contributed by atoms with E-state index in [1.165, 1.54) is 89.9 Å². The fourth-order valence-corrected chi connectivity index (χ4v) is 7.93. The summed E-state index contributed by atoms with van der Waals surface area (Å²) in [6.07, 6.45) is 79.3. The Kier molecular flexibility index (Phi) is 55.4. The lowest BCUT2D eigenvalue weighted by Gasteiger charge is -2.18. The Hall–Kier alpha value is -3.93. The van der Waals surface area contributed by atoms with E-state index in [0.29, 0.717) is 19.3 Å². The Morgan fingerprint density at radius 3 is 0.873 bits per heavy atom. The van der Waals surface area contributed by atoms with Gasteiger partial charge in [0.25, 0.3) is 0 Å². The van der Waals surface area contributed by atoms with Crippen molar-refractivity contribution in [3.05, 3.63) is 109 Å². The highest BCUT2D eigenvalue weighted by Gasteiger charge is 2.19. The summed E-state index contributed by atoms with van der Waals surface area (Å²) >= 11 is 0. The molecule has 0 heterocycles. The first-order valence-corrected chi connectivity index (χ1v) is 29.4. The van der Waals surface area contributed by atoms with Gasteiger partial charge >= 0.3 is 17.9 Å². The van der Waals surface area contributed by atoms with E-state index in [1.54, 1.807) is 0 Å². The van der Waals surface area contributed by atoms with Crippen molar-refractivity contribution < 1.29 is 28.6 Å². The van der Waals surface area contributed by atoms with Crippen molar-refractivity contribution in [1.82, 2.24) is 0 Å². The zero-order valence-corrected chi connectivity index (χ0v) is 46.2. The van der Waals surface area contributed by atoms with E-state index in [2.05, 4.69) is 130 Å². The summed E-state index contributed by atoms with van der Waals surface area (Å²) < 4.78 is 16.8. The van der Waals surface area contributed by atoms with E-state index in [1.807, 2.05) is 0 Å². The van der Waals surface area contributed by atoms with Gasteiger partial charge in [-0.05, 0) is 103 Å². The van der Waals surface area contributed by atoms with Gasteiger partial charge in [0, 0.05) is 19.3 Å². The van der Waals surface area contributed by atoms with Gasteiger partial charge in [0.1, 0.15) is 13.2 Å². The molecule has 6 heteroatoms. The van der Waals surface area contributed by atoms with Crippen LogP contribution in [0.25, 0.3) is 0 Å². The van der Waals surface area contributed by atoms with Gasteiger partial charge in [0.15, 0.2) is 6.10 Å². The van der Waals surface area contributed by atoms with Crippen LogP contribution in [0.4, 0.5) is 0 Å². The molecule has 0 rings (SSSR count). The fourth-order valence-electron chi connectivity index (χ4n) is 7.93. The van der Waals surface area contributed by atoms with Gasteiger partial charge in [-0.1, -0.05) is 252 Å². The standard InChI is InChI=1S/C65H108O6/c1-4-7-10-13-16-19-22-25-28-31-32-35-37-40-43-46-49-52-55-58-64(67)70-61-62(71-65(68)59-56-53-50-47-44-41-38-34-30-27-24-21-18-15-12-9-6-3)60-69-63(66)57-54-51-48-45-42-39-36-33-29-26-23-20-17-14-11-8-5-2/h7,9-10,12,16,18-19,21,25,27-28,30,32,35,38,40-41,43,62H,4-6,8,11,13-15,17,20,22-24,26,29,31,33-34,36-37,39,42,44-61H2,1-3H3/b10-7-,12-9-,19-16-,21-18-,28-25-,30-27-,35-32-,41-38-,43-40-.